The molecule has 1 aromatic heterocycles. The maximum atomic E-state index is 13.6. The number of nitrogen functional groups attached to an aromatic ring is 1. The fraction of sp³-hybridized carbons (Fsp3) is 0.211. The number of carbonyl (C=O) groups excluding carboxylic acids is 1. The summed E-state index contributed by atoms with van der Waals surface area (Å²) in [4.78, 5) is 12.1. The molecule has 0 atom stereocenters. The number of methoxy groups -OCH3 is 1. The molecule has 0 radical (unpaired) electrons. The van der Waals surface area contributed by atoms with Gasteiger partial charge in [-0.3, -0.25) is 4.79 Å². The van der Waals surface area contributed by atoms with E-state index in [1.54, 1.807) is 19.2 Å². The summed E-state index contributed by atoms with van der Waals surface area (Å²) < 4.78 is 25.3. The monoisotopic (exact) mass is 417 g/mol. The maximum absolute atomic E-state index is 13.6. The van der Waals surface area contributed by atoms with Crippen molar-refractivity contribution >= 4 is 17.7 Å². The molecule has 152 valence electrons. The number of ether oxygens (including phenoxy) is 2. The summed E-state index contributed by atoms with van der Waals surface area (Å²) in [5, 5.41) is 11.0. The fourth-order valence-electron chi connectivity index (χ4n) is 2.33. The number of rotatable bonds is 9. The lowest BCUT2D eigenvalue weighted by Gasteiger charge is -2.07. The first-order valence-corrected chi connectivity index (χ1v) is 9.64. The van der Waals surface area contributed by atoms with E-state index in [0.29, 0.717) is 17.5 Å². The third-order valence-electron chi connectivity index (χ3n) is 3.91. The number of nitrogens with two attached hydrogens (primary N) is 1. The minimum absolute atomic E-state index is 0.0470. The van der Waals surface area contributed by atoms with E-state index in [0.717, 1.165) is 23.1 Å². The lowest BCUT2D eigenvalue weighted by Crippen LogP contribution is -2.25. The van der Waals surface area contributed by atoms with Crippen LogP contribution < -0.4 is 20.6 Å². The molecule has 1 heterocycles. The summed E-state index contributed by atoms with van der Waals surface area (Å²) in [5.74, 6) is 6.59. The van der Waals surface area contributed by atoms with E-state index in [9.17, 15) is 9.18 Å². The summed E-state index contributed by atoms with van der Waals surface area (Å²) in [7, 11) is 1.60. The molecule has 3 N–H and O–H groups in total. The van der Waals surface area contributed by atoms with Crippen LogP contribution in [0.3, 0.4) is 0 Å². The molecule has 0 saturated heterocycles. The van der Waals surface area contributed by atoms with Crippen LogP contribution in [0, 0.1) is 5.82 Å². The fourth-order valence-corrected chi connectivity index (χ4v) is 3.04. The molecule has 0 aliphatic carbocycles. The van der Waals surface area contributed by atoms with Crippen molar-refractivity contribution in [2.24, 2.45) is 0 Å². The number of hydrogen-bond donors (Lipinski definition) is 2. The van der Waals surface area contributed by atoms with Crippen molar-refractivity contribution < 1.29 is 18.7 Å². The zero-order valence-corrected chi connectivity index (χ0v) is 16.5. The number of halogens is 1. The van der Waals surface area contributed by atoms with Crippen LogP contribution >= 0.6 is 11.8 Å². The number of para-hydroxylation sites is 1. The molecule has 8 nitrogen and oxygen atoms in total. The molecule has 3 rings (SSSR count). The Hall–Kier alpha value is -3.27. The van der Waals surface area contributed by atoms with E-state index in [2.05, 4.69) is 15.5 Å². The standard InChI is InChI=1S/C19H20FN5O3S/c1-27-14-8-6-13(7-9-14)10-22-18(26)12-29-19-24-23-17(25(19)21)11-28-16-5-3-2-4-15(16)20/h2-9H,10-12,21H2,1H3,(H,22,26). The van der Waals surface area contributed by atoms with Gasteiger partial charge in [0.05, 0.1) is 12.9 Å². The van der Waals surface area contributed by atoms with Crippen LogP contribution in [0.2, 0.25) is 0 Å². The highest BCUT2D eigenvalue weighted by atomic mass is 32.2. The number of benzene rings is 2. The van der Waals surface area contributed by atoms with Gasteiger partial charge in [0.15, 0.2) is 17.4 Å². The number of aromatic nitrogens is 3. The van der Waals surface area contributed by atoms with E-state index in [1.165, 1.54) is 16.8 Å². The average molecular weight is 417 g/mol. The molecule has 10 heteroatoms. The van der Waals surface area contributed by atoms with Crippen molar-refractivity contribution in [2.75, 3.05) is 18.7 Å². The van der Waals surface area contributed by atoms with Gasteiger partial charge in [-0.25, -0.2) is 9.07 Å². The Balaban J connectivity index is 1.46. The molecule has 0 bridgehead atoms. The van der Waals surface area contributed by atoms with Gasteiger partial charge in [0.1, 0.15) is 12.4 Å². The smallest absolute Gasteiger partial charge is 0.230 e. The van der Waals surface area contributed by atoms with E-state index >= 15 is 0 Å². The van der Waals surface area contributed by atoms with Gasteiger partial charge in [-0.2, -0.15) is 0 Å². The van der Waals surface area contributed by atoms with Crippen LogP contribution in [0.15, 0.2) is 53.7 Å². The highest BCUT2D eigenvalue weighted by molar-refractivity contribution is 7.99. The second kappa shape index (κ2) is 9.78. The number of nitrogens with zero attached hydrogens (tertiary/aromatic N) is 3. The Kier molecular flexibility index (Phi) is 6.90. The van der Waals surface area contributed by atoms with Gasteiger partial charge in [0.2, 0.25) is 11.1 Å². The molecule has 3 aromatic rings. The normalized spacial score (nSPS) is 10.6. The van der Waals surface area contributed by atoms with Crippen LogP contribution in [0.25, 0.3) is 0 Å². The maximum Gasteiger partial charge on any atom is 0.230 e. The zero-order chi connectivity index (χ0) is 20.6. The van der Waals surface area contributed by atoms with Crippen molar-refractivity contribution in [1.82, 2.24) is 20.2 Å². The van der Waals surface area contributed by atoms with E-state index in [1.807, 2.05) is 24.3 Å². The van der Waals surface area contributed by atoms with Gasteiger partial charge in [-0.1, -0.05) is 36.0 Å². The highest BCUT2D eigenvalue weighted by Crippen LogP contribution is 2.18. The van der Waals surface area contributed by atoms with Crippen LogP contribution in [0.1, 0.15) is 11.4 Å². The van der Waals surface area contributed by atoms with Crippen LogP contribution in [-0.2, 0) is 17.9 Å². The number of thioether (sulfide) groups is 1. The number of nitrogens with one attached hydrogen (secondary N) is 1. The van der Waals surface area contributed by atoms with Gasteiger partial charge in [0, 0.05) is 6.54 Å². The zero-order valence-electron chi connectivity index (χ0n) is 15.7. The number of carbonyl (C=O) groups is 1. The molecular formula is C19H20FN5O3S. The minimum atomic E-state index is -0.473. The molecule has 1 amide bonds. The summed E-state index contributed by atoms with van der Waals surface area (Å²) in [6.07, 6.45) is 0. The van der Waals surface area contributed by atoms with Crippen molar-refractivity contribution in [3.05, 3.63) is 65.7 Å². The topological polar surface area (TPSA) is 104 Å². The van der Waals surface area contributed by atoms with Crippen LogP contribution in [0.5, 0.6) is 11.5 Å². The Morgan fingerprint density at radius 1 is 1.21 bits per heavy atom. The second-order valence-corrected chi connectivity index (χ2v) is 6.84. The molecule has 0 aliphatic heterocycles. The molecule has 0 saturated carbocycles. The first-order valence-electron chi connectivity index (χ1n) is 8.66. The minimum Gasteiger partial charge on any atom is -0.497 e. The number of amides is 1. The first-order chi connectivity index (χ1) is 14.1. The molecular weight excluding hydrogens is 397 g/mol. The van der Waals surface area contributed by atoms with Crippen molar-refractivity contribution in [1.29, 1.82) is 0 Å². The Morgan fingerprint density at radius 3 is 2.69 bits per heavy atom. The summed E-state index contributed by atoms with van der Waals surface area (Å²) in [5.41, 5.74) is 0.957. The third-order valence-corrected chi connectivity index (χ3v) is 4.85. The molecule has 0 aliphatic rings. The summed E-state index contributed by atoms with van der Waals surface area (Å²) in [6, 6.07) is 13.5. The average Bonchev–Trinajstić information content (AvgIpc) is 3.10. The second-order valence-electron chi connectivity index (χ2n) is 5.90. The third kappa shape index (κ3) is 5.61. The Bertz CT molecular complexity index is 965. The Labute approximate surface area is 171 Å². The molecule has 2 aromatic carbocycles. The summed E-state index contributed by atoms with van der Waals surface area (Å²) >= 11 is 1.14. The van der Waals surface area contributed by atoms with Crippen LogP contribution in [0.4, 0.5) is 4.39 Å². The van der Waals surface area contributed by atoms with Gasteiger partial charge in [0.25, 0.3) is 0 Å². The SMILES string of the molecule is COc1ccc(CNC(=O)CSc2nnc(COc3ccccc3F)n2N)cc1. The molecule has 0 fully saturated rings. The largest absolute Gasteiger partial charge is 0.497 e. The quantitative estimate of drug-likeness (QED) is 0.406. The van der Waals surface area contributed by atoms with Gasteiger partial charge >= 0.3 is 0 Å². The number of hydrogen-bond acceptors (Lipinski definition) is 7. The first kappa shape index (κ1) is 20.5. The molecule has 0 spiro atoms. The van der Waals surface area contributed by atoms with Crippen LogP contribution in [-0.4, -0.2) is 33.6 Å². The molecule has 29 heavy (non-hydrogen) atoms. The van der Waals surface area contributed by atoms with E-state index in [-0.39, 0.29) is 24.0 Å². The summed E-state index contributed by atoms with van der Waals surface area (Å²) in [6.45, 7) is 0.356. The Morgan fingerprint density at radius 2 is 1.97 bits per heavy atom. The van der Waals surface area contributed by atoms with Gasteiger partial charge < -0.3 is 20.6 Å². The van der Waals surface area contributed by atoms with E-state index < -0.39 is 5.82 Å². The molecule has 0 unspecified atom stereocenters. The predicted octanol–water partition coefficient (Wildman–Crippen LogP) is 2.13. The van der Waals surface area contributed by atoms with Gasteiger partial charge in [-0.05, 0) is 29.8 Å². The van der Waals surface area contributed by atoms with E-state index in [4.69, 9.17) is 15.3 Å². The highest BCUT2D eigenvalue weighted by Gasteiger charge is 2.13. The van der Waals surface area contributed by atoms with Crippen molar-refractivity contribution in [3.8, 4) is 11.5 Å². The van der Waals surface area contributed by atoms with Gasteiger partial charge in [-0.15, -0.1) is 10.2 Å². The lowest BCUT2D eigenvalue weighted by molar-refractivity contribution is -0.118. The van der Waals surface area contributed by atoms with Crippen molar-refractivity contribution in [2.45, 2.75) is 18.3 Å². The lowest BCUT2D eigenvalue weighted by atomic mass is 10.2. The van der Waals surface area contributed by atoms with Crippen molar-refractivity contribution in [3.63, 3.8) is 0 Å². The predicted molar refractivity (Wildman–Crippen MR) is 106 cm³/mol.